The van der Waals surface area contributed by atoms with Gasteiger partial charge in [-0.05, 0) is 12.1 Å². The number of fused-ring (bicyclic) bond motifs is 1. The molecule has 0 aliphatic heterocycles. The fourth-order valence-electron chi connectivity index (χ4n) is 1.31. The van der Waals surface area contributed by atoms with Gasteiger partial charge in [-0.25, -0.2) is 4.98 Å². The molecule has 1 amide bonds. The van der Waals surface area contributed by atoms with E-state index in [9.17, 15) is 4.79 Å². The number of nitrogens with two attached hydrogens (primary N) is 1. The molecule has 5 nitrogen and oxygen atoms in total. The molecule has 1 atom stereocenters. The fourth-order valence-corrected chi connectivity index (χ4v) is 1.31. The molecular weight excluding hydrogens is 206 g/mol. The molecule has 0 fully saturated rings. The predicted octanol–water partition coefficient (Wildman–Crippen LogP) is 1.36. The zero-order valence-electron chi connectivity index (χ0n) is 8.93. The molecule has 2 rings (SSSR count). The van der Waals surface area contributed by atoms with Crippen LogP contribution in [-0.4, -0.2) is 17.4 Å². The second-order valence-corrected chi connectivity index (χ2v) is 3.66. The van der Waals surface area contributed by atoms with Gasteiger partial charge in [-0.1, -0.05) is 6.92 Å². The standard InChI is InChI=1S/C11H13N3O2/c1-7(5-12)11(15)14-8-2-3-9-10(4-8)16-6-13-9/h2-4,6-7H,5,12H2,1H3,(H,14,15). The number of carbonyl (C=O) groups excluding carboxylic acids is 1. The van der Waals surface area contributed by atoms with Gasteiger partial charge >= 0.3 is 0 Å². The summed E-state index contributed by atoms with van der Waals surface area (Å²) in [6.45, 7) is 2.11. The highest BCUT2D eigenvalue weighted by molar-refractivity contribution is 5.94. The Morgan fingerprint density at radius 2 is 2.44 bits per heavy atom. The molecule has 0 aliphatic rings. The van der Waals surface area contributed by atoms with E-state index in [4.69, 9.17) is 10.2 Å². The van der Waals surface area contributed by atoms with Crippen molar-refractivity contribution >= 4 is 22.7 Å². The lowest BCUT2D eigenvalue weighted by atomic mass is 10.1. The Labute approximate surface area is 92.6 Å². The van der Waals surface area contributed by atoms with E-state index >= 15 is 0 Å². The average molecular weight is 219 g/mol. The number of rotatable bonds is 3. The molecule has 1 aromatic carbocycles. The van der Waals surface area contributed by atoms with Crippen molar-refractivity contribution in [1.82, 2.24) is 4.98 Å². The zero-order chi connectivity index (χ0) is 11.5. The van der Waals surface area contributed by atoms with Gasteiger partial charge in [0.1, 0.15) is 5.52 Å². The van der Waals surface area contributed by atoms with Gasteiger partial charge < -0.3 is 15.5 Å². The SMILES string of the molecule is CC(CN)C(=O)Nc1ccc2ncoc2c1. The summed E-state index contributed by atoms with van der Waals surface area (Å²) in [5, 5.41) is 2.77. The Kier molecular flexibility index (Phi) is 2.87. The van der Waals surface area contributed by atoms with Crippen molar-refractivity contribution in [3.05, 3.63) is 24.6 Å². The molecule has 1 aromatic heterocycles. The number of oxazole rings is 1. The quantitative estimate of drug-likeness (QED) is 0.816. The Morgan fingerprint density at radius 1 is 1.62 bits per heavy atom. The van der Waals surface area contributed by atoms with Gasteiger partial charge in [0.15, 0.2) is 12.0 Å². The molecule has 84 valence electrons. The van der Waals surface area contributed by atoms with Crippen molar-refractivity contribution < 1.29 is 9.21 Å². The summed E-state index contributed by atoms with van der Waals surface area (Å²) in [5.41, 5.74) is 7.52. The van der Waals surface area contributed by atoms with Crippen molar-refractivity contribution in [3.8, 4) is 0 Å². The highest BCUT2D eigenvalue weighted by atomic mass is 16.3. The Morgan fingerprint density at radius 3 is 3.19 bits per heavy atom. The van der Waals surface area contributed by atoms with Crippen LogP contribution in [0.2, 0.25) is 0 Å². The summed E-state index contributed by atoms with van der Waals surface area (Å²) >= 11 is 0. The second kappa shape index (κ2) is 4.32. The summed E-state index contributed by atoms with van der Waals surface area (Å²) in [4.78, 5) is 15.6. The van der Waals surface area contributed by atoms with Crippen LogP contribution in [0.15, 0.2) is 29.0 Å². The van der Waals surface area contributed by atoms with Gasteiger partial charge in [0, 0.05) is 24.2 Å². The first-order valence-corrected chi connectivity index (χ1v) is 5.05. The lowest BCUT2D eigenvalue weighted by Crippen LogP contribution is -2.26. The fraction of sp³-hybridized carbons (Fsp3) is 0.273. The number of amides is 1. The van der Waals surface area contributed by atoms with E-state index in [2.05, 4.69) is 10.3 Å². The van der Waals surface area contributed by atoms with E-state index in [-0.39, 0.29) is 11.8 Å². The highest BCUT2D eigenvalue weighted by Crippen LogP contribution is 2.18. The lowest BCUT2D eigenvalue weighted by molar-refractivity contribution is -0.119. The number of anilines is 1. The predicted molar refractivity (Wildman–Crippen MR) is 60.9 cm³/mol. The average Bonchev–Trinajstić information content (AvgIpc) is 2.75. The van der Waals surface area contributed by atoms with Gasteiger partial charge in [0.25, 0.3) is 0 Å². The molecule has 0 bridgehead atoms. The Hall–Kier alpha value is -1.88. The number of carbonyl (C=O) groups is 1. The maximum atomic E-state index is 11.6. The van der Waals surface area contributed by atoms with Crippen molar-refractivity contribution in [2.45, 2.75) is 6.92 Å². The van der Waals surface area contributed by atoms with Crippen molar-refractivity contribution in [1.29, 1.82) is 0 Å². The summed E-state index contributed by atoms with van der Waals surface area (Å²) in [5.74, 6) is -0.299. The lowest BCUT2D eigenvalue weighted by Gasteiger charge is -2.09. The van der Waals surface area contributed by atoms with E-state index in [0.717, 1.165) is 5.52 Å². The minimum Gasteiger partial charge on any atom is -0.443 e. The molecule has 16 heavy (non-hydrogen) atoms. The molecule has 0 saturated carbocycles. The van der Waals surface area contributed by atoms with Gasteiger partial charge in [-0.2, -0.15) is 0 Å². The monoisotopic (exact) mass is 219 g/mol. The van der Waals surface area contributed by atoms with Crippen LogP contribution in [0.25, 0.3) is 11.1 Å². The summed E-state index contributed by atoms with van der Waals surface area (Å²) in [6.07, 6.45) is 1.37. The zero-order valence-corrected chi connectivity index (χ0v) is 8.93. The van der Waals surface area contributed by atoms with Crippen LogP contribution in [0.5, 0.6) is 0 Å². The van der Waals surface area contributed by atoms with Crippen LogP contribution in [0.4, 0.5) is 5.69 Å². The van der Waals surface area contributed by atoms with Crippen LogP contribution in [0.3, 0.4) is 0 Å². The molecular formula is C11H13N3O2. The van der Waals surface area contributed by atoms with E-state index in [0.29, 0.717) is 17.8 Å². The smallest absolute Gasteiger partial charge is 0.228 e. The number of hydrogen-bond acceptors (Lipinski definition) is 4. The first-order chi connectivity index (χ1) is 7.70. The van der Waals surface area contributed by atoms with Gasteiger partial charge in [0.05, 0.1) is 0 Å². The third kappa shape index (κ3) is 2.04. The molecule has 0 spiro atoms. The van der Waals surface area contributed by atoms with Crippen LogP contribution < -0.4 is 11.1 Å². The second-order valence-electron chi connectivity index (χ2n) is 3.66. The molecule has 0 saturated heterocycles. The highest BCUT2D eigenvalue weighted by Gasteiger charge is 2.11. The number of benzene rings is 1. The van der Waals surface area contributed by atoms with Crippen LogP contribution in [0.1, 0.15) is 6.92 Å². The molecule has 1 heterocycles. The van der Waals surface area contributed by atoms with Crippen molar-refractivity contribution in [2.24, 2.45) is 11.7 Å². The Balaban J connectivity index is 2.17. The van der Waals surface area contributed by atoms with E-state index < -0.39 is 0 Å². The van der Waals surface area contributed by atoms with E-state index in [1.54, 1.807) is 25.1 Å². The maximum absolute atomic E-state index is 11.6. The minimum absolute atomic E-state index is 0.0960. The third-order valence-electron chi connectivity index (χ3n) is 2.40. The molecule has 2 aromatic rings. The van der Waals surface area contributed by atoms with Crippen molar-refractivity contribution in [2.75, 3.05) is 11.9 Å². The van der Waals surface area contributed by atoms with Crippen LogP contribution in [0, 0.1) is 5.92 Å². The van der Waals surface area contributed by atoms with Gasteiger partial charge in [0.2, 0.25) is 5.91 Å². The topological polar surface area (TPSA) is 81.2 Å². The molecule has 0 aliphatic carbocycles. The molecule has 3 N–H and O–H groups in total. The third-order valence-corrected chi connectivity index (χ3v) is 2.40. The van der Waals surface area contributed by atoms with Crippen molar-refractivity contribution in [3.63, 3.8) is 0 Å². The summed E-state index contributed by atoms with van der Waals surface area (Å²) in [6, 6.07) is 5.32. The van der Waals surface area contributed by atoms with Gasteiger partial charge in [-0.15, -0.1) is 0 Å². The van der Waals surface area contributed by atoms with Gasteiger partial charge in [-0.3, -0.25) is 4.79 Å². The number of hydrogen-bond donors (Lipinski definition) is 2. The van der Waals surface area contributed by atoms with E-state index in [1.807, 2.05) is 0 Å². The normalized spacial score (nSPS) is 12.6. The Bertz CT molecular complexity index is 507. The summed E-state index contributed by atoms with van der Waals surface area (Å²) < 4.78 is 5.14. The first kappa shape index (κ1) is 10.6. The van der Waals surface area contributed by atoms with Crippen LogP contribution in [-0.2, 0) is 4.79 Å². The molecule has 0 radical (unpaired) electrons. The molecule has 1 unspecified atom stereocenters. The minimum atomic E-state index is -0.203. The largest absolute Gasteiger partial charge is 0.443 e. The first-order valence-electron chi connectivity index (χ1n) is 5.05. The van der Waals surface area contributed by atoms with E-state index in [1.165, 1.54) is 6.39 Å². The maximum Gasteiger partial charge on any atom is 0.228 e. The van der Waals surface area contributed by atoms with Crippen LogP contribution >= 0.6 is 0 Å². The molecule has 5 heteroatoms. The number of aromatic nitrogens is 1. The number of nitrogens with one attached hydrogen (secondary N) is 1. The number of nitrogens with zero attached hydrogens (tertiary/aromatic N) is 1. The summed E-state index contributed by atoms with van der Waals surface area (Å²) in [7, 11) is 0.